The van der Waals surface area contributed by atoms with Crippen molar-refractivity contribution in [3.05, 3.63) is 21.9 Å². The predicted molar refractivity (Wildman–Crippen MR) is 53.7 cm³/mol. The number of aryl methyl sites for hydroxylation is 1. The second kappa shape index (κ2) is 4.72. The first-order valence-corrected chi connectivity index (χ1v) is 5.14. The number of rotatable bonds is 4. The van der Waals surface area contributed by atoms with E-state index in [1.54, 1.807) is 11.3 Å². The molecule has 0 saturated heterocycles. The number of aliphatic hydroxyl groups is 2. The highest BCUT2D eigenvalue weighted by Gasteiger charge is 2.17. The SMILES string of the molecule is Cc1cc(C(O)C(O)CCN)cs1. The molecular formula is C9H15NO2S. The molecule has 3 nitrogen and oxygen atoms in total. The van der Waals surface area contributed by atoms with Crippen molar-refractivity contribution in [2.24, 2.45) is 5.73 Å². The van der Waals surface area contributed by atoms with Crippen molar-refractivity contribution in [2.75, 3.05) is 6.54 Å². The predicted octanol–water partition coefficient (Wildman–Crippen LogP) is 0.800. The van der Waals surface area contributed by atoms with Crippen LogP contribution in [0, 0.1) is 6.92 Å². The molecule has 0 radical (unpaired) electrons. The maximum Gasteiger partial charge on any atom is 0.106 e. The summed E-state index contributed by atoms with van der Waals surface area (Å²) in [6.45, 7) is 2.36. The monoisotopic (exact) mass is 201 g/mol. The Kier molecular flexibility index (Phi) is 3.87. The van der Waals surface area contributed by atoms with Crippen molar-refractivity contribution in [3.63, 3.8) is 0 Å². The lowest BCUT2D eigenvalue weighted by Gasteiger charge is -2.15. The molecule has 0 bridgehead atoms. The van der Waals surface area contributed by atoms with Crippen molar-refractivity contribution in [1.29, 1.82) is 0 Å². The zero-order valence-electron chi connectivity index (χ0n) is 7.60. The molecule has 0 aliphatic carbocycles. The summed E-state index contributed by atoms with van der Waals surface area (Å²) >= 11 is 1.57. The zero-order chi connectivity index (χ0) is 9.84. The van der Waals surface area contributed by atoms with Gasteiger partial charge in [-0.15, -0.1) is 11.3 Å². The largest absolute Gasteiger partial charge is 0.390 e. The Bertz CT molecular complexity index is 262. The highest BCUT2D eigenvalue weighted by atomic mass is 32.1. The van der Waals surface area contributed by atoms with Gasteiger partial charge in [-0.1, -0.05) is 0 Å². The molecule has 0 aliphatic rings. The van der Waals surface area contributed by atoms with Crippen LogP contribution in [0.15, 0.2) is 11.4 Å². The summed E-state index contributed by atoms with van der Waals surface area (Å²) in [5.41, 5.74) is 6.06. The molecule has 4 N–H and O–H groups in total. The molecule has 0 spiro atoms. The molecule has 1 heterocycles. The highest BCUT2D eigenvalue weighted by Crippen LogP contribution is 2.23. The van der Waals surface area contributed by atoms with E-state index < -0.39 is 12.2 Å². The highest BCUT2D eigenvalue weighted by molar-refractivity contribution is 7.10. The summed E-state index contributed by atoms with van der Waals surface area (Å²) in [4.78, 5) is 1.13. The van der Waals surface area contributed by atoms with E-state index in [9.17, 15) is 10.2 Å². The van der Waals surface area contributed by atoms with E-state index in [2.05, 4.69) is 0 Å². The van der Waals surface area contributed by atoms with E-state index in [-0.39, 0.29) is 0 Å². The van der Waals surface area contributed by atoms with Crippen LogP contribution in [0.5, 0.6) is 0 Å². The first kappa shape index (κ1) is 10.7. The van der Waals surface area contributed by atoms with Crippen LogP contribution >= 0.6 is 11.3 Å². The standard InChI is InChI=1S/C9H15NO2S/c1-6-4-7(5-13-6)9(12)8(11)2-3-10/h4-5,8-9,11-12H,2-3,10H2,1H3. The van der Waals surface area contributed by atoms with E-state index in [0.29, 0.717) is 13.0 Å². The van der Waals surface area contributed by atoms with E-state index in [1.165, 1.54) is 0 Å². The van der Waals surface area contributed by atoms with Gasteiger partial charge in [0.15, 0.2) is 0 Å². The van der Waals surface area contributed by atoms with E-state index in [1.807, 2.05) is 18.4 Å². The van der Waals surface area contributed by atoms with Crippen LogP contribution in [0.1, 0.15) is 23.0 Å². The Morgan fingerprint density at radius 1 is 1.54 bits per heavy atom. The van der Waals surface area contributed by atoms with Gasteiger partial charge in [0.1, 0.15) is 6.10 Å². The third-order valence-corrected chi connectivity index (χ3v) is 2.80. The Balaban J connectivity index is 2.61. The topological polar surface area (TPSA) is 66.5 Å². The molecule has 13 heavy (non-hydrogen) atoms. The van der Waals surface area contributed by atoms with E-state index in [4.69, 9.17) is 5.73 Å². The molecule has 2 atom stereocenters. The molecule has 1 aromatic heterocycles. The molecule has 1 aromatic rings. The molecule has 2 unspecified atom stereocenters. The lowest BCUT2D eigenvalue weighted by atomic mass is 10.1. The van der Waals surface area contributed by atoms with Gasteiger partial charge in [0.2, 0.25) is 0 Å². The third-order valence-electron chi connectivity index (χ3n) is 1.92. The second-order valence-electron chi connectivity index (χ2n) is 3.08. The van der Waals surface area contributed by atoms with Gasteiger partial charge in [0.25, 0.3) is 0 Å². The molecule has 0 aliphatic heterocycles. The number of hydrogen-bond acceptors (Lipinski definition) is 4. The van der Waals surface area contributed by atoms with Crippen LogP contribution in [0.4, 0.5) is 0 Å². The smallest absolute Gasteiger partial charge is 0.106 e. The van der Waals surface area contributed by atoms with Crippen LogP contribution in [0.3, 0.4) is 0 Å². The Hall–Kier alpha value is -0.420. The summed E-state index contributed by atoms with van der Waals surface area (Å²) in [6.07, 6.45) is -1.12. The molecular weight excluding hydrogens is 186 g/mol. The van der Waals surface area contributed by atoms with Gasteiger partial charge >= 0.3 is 0 Å². The lowest BCUT2D eigenvalue weighted by molar-refractivity contribution is 0.0152. The average molecular weight is 201 g/mol. The summed E-state index contributed by atoms with van der Waals surface area (Å²) in [5.74, 6) is 0. The quantitative estimate of drug-likeness (QED) is 0.675. The molecule has 4 heteroatoms. The van der Waals surface area contributed by atoms with Crippen LogP contribution in [-0.4, -0.2) is 22.9 Å². The zero-order valence-corrected chi connectivity index (χ0v) is 8.42. The normalized spacial score (nSPS) is 15.7. The Labute approximate surface area is 81.8 Å². The van der Waals surface area contributed by atoms with Gasteiger partial charge in [-0.05, 0) is 36.9 Å². The maximum absolute atomic E-state index is 9.63. The maximum atomic E-state index is 9.63. The van der Waals surface area contributed by atoms with Crippen molar-refractivity contribution >= 4 is 11.3 Å². The van der Waals surface area contributed by atoms with Crippen molar-refractivity contribution < 1.29 is 10.2 Å². The van der Waals surface area contributed by atoms with Crippen LogP contribution in [-0.2, 0) is 0 Å². The molecule has 0 amide bonds. The van der Waals surface area contributed by atoms with Gasteiger partial charge in [0.05, 0.1) is 6.10 Å². The minimum atomic E-state index is -0.798. The summed E-state index contributed by atoms with van der Waals surface area (Å²) in [7, 11) is 0. The Morgan fingerprint density at radius 3 is 2.69 bits per heavy atom. The summed E-state index contributed by atoms with van der Waals surface area (Å²) < 4.78 is 0. The van der Waals surface area contributed by atoms with Gasteiger partial charge in [-0.3, -0.25) is 0 Å². The number of thiophene rings is 1. The van der Waals surface area contributed by atoms with Crippen molar-refractivity contribution in [3.8, 4) is 0 Å². The van der Waals surface area contributed by atoms with Gasteiger partial charge in [-0.2, -0.15) is 0 Å². The molecule has 1 rings (SSSR count). The van der Waals surface area contributed by atoms with Gasteiger partial charge in [-0.25, -0.2) is 0 Å². The van der Waals surface area contributed by atoms with Crippen molar-refractivity contribution in [2.45, 2.75) is 25.6 Å². The molecule has 74 valence electrons. The molecule has 0 aromatic carbocycles. The summed E-state index contributed by atoms with van der Waals surface area (Å²) in [5, 5.41) is 21.0. The minimum absolute atomic E-state index is 0.390. The van der Waals surface area contributed by atoms with E-state index in [0.717, 1.165) is 10.4 Å². The van der Waals surface area contributed by atoms with Crippen molar-refractivity contribution in [1.82, 2.24) is 0 Å². The van der Waals surface area contributed by atoms with Gasteiger partial charge in [0, 0.05) is 4.88 Å². The third kappa shape index (κ3) is 2.77. The van der Waals surface area contributed by atoms with Crippen LogP contribution in [0.25, 0.3) is 0 Å². The molecule has 0 saturated carbocycles. The number of hydrogen-bond donors (Lipinski definition) is 3. The summed E-state index contributed by atoms with van der Waals surface area (Å²) in [6, 6.07) is 1.88. The average Bonchev–Trinajstić information content (AvgIpc) is 2.51. The fourth-order valence-corrected chi connectivity index (χ4v) is 1.90. The fourth-order valence-electron chi connectivity index (χ4n) is 1.17. The second-order valence-corrected chi connectivity index (χ2v) is 4.20. The minimum Gasteiger partial charge on any atom is -0.390 e. The molecule has 0 fully saturated rings. The first-order chi connectivity index (χ1) is 6.15. The van der Waals surface area contributed by atoms with Gasteiger partial charge < -0.3 is 15.9 Å². The van der Waals surface area contributed by atoms with E-state index >= 15 is 0 Å². The fraction of sp³-hybridized carbons (Fsp3) is 0.556. The lowest BCUT2D eigenvalue weighted by Crippen LogP contribution is -2.21. The number of aliphatic hydroxyl groups excluding tert-OH is 2. The van der Waals surface area contributed by atoms with Crippen LogP contribution in [0.2, 0.25) is 0 Å². The Morgan fingerprint density at radius 2 is 2.23 bits per heavy atom. The van der Waals surface area contributed by atoms with Crippen LogP contribution < -0.4 is 5.73 Å². The first-order valence-electron chi connectivity index (χ1n) is 4.26. The number of nitrogens with two attached hydrogens (primary N) is 1.